The molecule has 0 fully saturated rings. The van der Waals surface area contributed by atoms with Crippen LogP contribution in [0.5, 0.6) is 5.75 Å². The Morgan fingerprint density at radius 2 is 1.95 bits per heavy atom. The smallest absolute Gasteiger partial charge is 0.387 e. The van der Waals surface area contributed by atoms with Gasteiger partial charge in [-0.3, -0.25) is 0 Å². The van der Waals surface area contributed by atoms with Gasteiger partial charge >= 0.3 is 6.61 Å². The second-order valence-electron chi connectivity index (χ2n) is 4.65. The summed E-state index contributed by atoms with van der Waals surface area (Å²) in [6.45, 7) is 0.0728. The van der Waals surface area contributed by atoms with Gasteiger partial charge < -0.3 is 10.1 Å². The van der Waals surface area contributed by atoms with E-state index in [1.165, 1.54) is 18.6 Å². The maximum absolute atomic E-state index is 12.3. The summed E-state index contributed by atoms with van der Waals surface area (Å²) >= 11 is 1.86. The lowest BCUT2D eigenvalue weighted by Gasteiger charge is -2.18. The summed E-state index contributed by atoms with van der Waals surface area (Å²) in [5.74, 6) is 1.45. The molecule has 1 N–H and O–H groups in total. The molecule has 20 heavy (non-hydrogen) atoms. The molecule has 0 spiro atoms. The fourth-order valence-electron chi connectivity index (χ4n) is 2.02. The molecule has 1 atom stereocenters. The Bertz CT molecular complexity index is 377. The number of hydrogen-bond donors (Lipinski definition) is 1. The number of thioether (sulfide) groups is 1. The van der Waals surface area contributed by atoms with Crippen molar-refractivity contribution in [2.45, 2.75) is 38.8 Å². The molecule has 1 aromatic carbocycles. The number of halogens is 2. The van der Waals surface area contributed by atoms with Crippen LogP contribution in [0.4, 0.5) is 8.78 Å². The van der Waals surface area contributed by atoms with Gasteiger partial charge in [0.2, 0.25) is 0 Å². The lowest BCUT2D eigenvalue weighted by atomic mass is 10.1. The SMILES string of the molecule is CSCCCCCNC(C)c1ccccc1OC(F)F. The van der Waals surface area contributed by atoms with Crippen LogP contribution < -0.4 is 10.1 Å². The molecule has 0 aromatic heterocycles. The standard InChI is InChI=1S/C15H23F2NOS/c1-12(18-10-6-3-7-11-20-2)13-8-4-5-9-14(13)19-15(16)17/h4-5,8-9,12,15,18H,3,6-7,10-11H2,1-2H3. The molecule has 1 rings (SSSR count). The first-order chi connectivity index (χ1) is 9.65. The fourth-order valence-corrected chi connectivity index (χ4v) is 2.51. The zero-order valence-electron chi connectivity index (χ0n) is 12.1. The Labute approximate surface area is 124 Å². The van der Waals surface area contributed by atoms with E-state index in [1.807, 2.05) is 30.8 Å². The molecule has 0 aliphatic heterocycles. The predicted molar refractivity (Wildman–Crippen MR) is 81.7 cm³/mol. The number of hydrogen-bond acceptors (Lipinski definition) is 3. The van der Waals surface area contributed by atoms with Crippen molar-refractivity contribution in [2.75, 3.05) is 18.6 Å². The highest BCUT2D eigenvalue weighted by molar-refractivity contribution is 7.98. The van der Waals surface area contributed by atoms with E-state index in [1.54, 1.807) is 12.1 Å². The first-order valence-electron chi connectivity index (χ1n) is 6.91. The highest BCUT2D eigenvalue weighted by Gasteiger charge is 2.13. The molecule has 0 saturated heterocycles. The summed E-state index contributed by atoms with van der Waals surface area (Å²) in [7, 11) is 0. The zero-order valence-corrected chi connectivity index (χ0v) is 12.9. The first kappa shape index (κ1) is 17.2. The Kier molecular flexibility index (Phi) is 8.62. The van der Waals surface area contributed by atoms with E-state index < -0.39 is 6.61 Å². The van der Waals surface area contributed by atoms with Gasteiger partial charge in [0.1, 0.15) is 5.75 Å². The van der Waals surface area contributed by atoms with Gasteiger partial charge in [-0.15, -0.1) is 0 Å². The second kappa shape index (κ2) is 10.00. The van der Waals surface area contributed by atoms with Crippen LogP contribution in [-0.2, 0) is 0 Å². The maximum Gasteiger partial charge on any atom is 0.387 e. The summed E-state index contributed by atoms with van der Waals surface area (Å²) in [6, 6.07) is 6.95. The van der Waals surface area contributed by atoms with Crippen molar-refractivity contribution in [3.63, 3.8) is 0 Å². The van der Waals surface area contributed by atoms with E-state index >= 15 is 0 Å². The molecule has 1 unspecified atom stereocenters. The molecule has 0 radical (unpaired) electrons. The number of nitrogens with one attached hydrogen (secondary N) is 1. The zero-order chi connectivity index (χ0) is 14.8. The quantitative estimate of drug-likeness (QED) is 0.644. The van der Waals surface area contributed by atoms with E-state index in [0.29, 0.717) is 0 Å². The van der Waals surface area contributed by atoms with Gasteiger partial charge in [0.15, 0.2) is 0 Å². The van der Waals surface area contributed by atoms with Crippen LogP contribution in [0.2, 0.25) is 0 Å². The Hall–Kier alpha value is -0.810. The van der Waals surface area contributed by atoms with Crippen molar-refractivity contribution in [1.29, 1.82) is 0 Å². The lowest BCUT2D eigenvalue weighted by molar-refractivity contribution is -0.0506. The Morgan fingerprint density at radius 3 is 2.65 bits per heavy atom. The Balaban J connectivity index is 2.40. The maximum atomic E-state index is 12.3. The molecule has 0 heterocycles. The van der Waals surface area contributed by atoms with Crippen molar-refractivity contribution in [1.82, 2.24) is 5.32 Å². The molecule has 0 aliphatic rings. The minimum Gasteiger partial charge on any atom is -0.434 e. The third-order valence-electron chi connectivity index (χ3n) is 3.08. The monoisotopic (exact) mass is 303 g/mol. The van der Waals surface area contributed by atoms with Gasteiger partial charge in [0.25, 0.3) is 0 Å². The lowest BCUT2D eigenvalue weighted by Crippen LogP contribution is -2.21. The van der Waals surface area contributed by atoms with Gasteiger partial charge in [-0.1, -0.05) is 24.6 Å². The van der Waals surface area contributed by atoms with Crippen LogP contribution in [0.3, 0.4) is 0 Å². The average molecular weight is 303 g/mol. The normalized spacial score (nSPS) is 12.7. The molecule has 1 aromatic rings. The molecule has 5 heteroatoms. The van der Waals surface area contributed by atoms with Crippen LogP contribution in [0, 0.1) is 0 Å². The van der Waals surface area contributed by atoms with Crippen LogP contribution in [0.15, 0.2) is 24.3 Å². The summed E-state index contributed by atoms with van der Waals surface area (Å²) in [5.41, 5.74) is 0.775. The van der Waals surface area contributed by atoms with E-state index in [9.17, 15) is 8.78 Å². The van der Waals surface area contributed by atoms with Crippen LogP contribution in [0.1, 0.15) is 37.8 Å². The van der Waals surface area contributed by atoms with E-state index in [0.717, 1.165) is 18.5 Å². The highest BCUT2D eigenvalue weighted by atomic mass is 32.2. The van der Waals surface area contributed by atoms with E-state index in [4.69, 9.17) is 0 Å². The van der Waals surface area contributed by atoms with Gasteiger partial charge in [-0.05, 0) is 44.4 Å². The van der Waals surface area contributed by atoms with Crippen LogP contribution >= 0.6 is 11.8 Å². The van der Waals surface area contributed by atoms with Crippen molar-refractivity contribution in [3.05, 3.63) is 29.8 Å². The first-order valence-corrected chi connectivity index (χ1v) is 8.30. The minimum atomic E-state index is -2.78. The number of unbranched alkanes of at least 4 members (excludes halogenated alkanes) is 2. The van der Waals surface area contributed by atoms with Crippen LogP contribution in [-0.4, -0.2) is 25.2 Å². The largest absolute Gasteiger partial charge is 0.434 e. The van der Waals surface area contributed by atoms with Crippen molar-refractivity contribution in [2.24, 2.45) is 0 Å². The fraction of sp³-hybridized carbons (Fsp3) is 0.600. The molecule has 2 nitrogen and oxygen atoms in total. The van der Waals surface area contributed by atoms with Crippen LogP contribution in [0.25, 0.3) is 0 Å². The van der Waals surface area contributed by atoms with Gasteiger partial charge in [-0.2, -0.15) is 20.5 Å². The number of rotatable bonds is 10. The summed E-state index contributed by atoms with van der Waals surface area (Å²) in [6.07, 6.45) is 5.63. The molecular weight excluding hydrogens is 280 g/mol. The van der Waals surface area contributed by atoms with E-state index in [-0.39, 0.29) is 11.8 Å². The van der Waals surface area contributed by atoms with E-state index in [2.05, 4.69) is 16.3 Å². The van der Waals surface area contributed by atoms with Crippen molar-refractivity contribution < 1.29 is 13.5 Å². The number of benzene rings is 1. The molecule has 0 bridgehead atoms. The summed E-state index contributed by atoms with van der Waals surface area (Å²) in [5, 5.41) is 3.36. The van der Waals surface area contributed by atoms with Gasteiger partial charge in [0, 0.05) is 11.6 Å². The highest BCUT2D eigenvalue weighted by Crippen LogP contribution is 2.26. The number of alkyl halides is 2. The molecule has 0 aliphatic carbocycles. The molecule has 114 valence electrons. The van der Waals surface area contributed by atoms with Crippen molar-refractivity contribution >= 4 is 11.8 Å². The van der Waals surface area contributed by atoms with Gasteiger partial charge in [0.05, 0.1) is 0 Å². The third kappa shape index (κ3) is 6.57. The summed E-state index contributed by atoms with van der Waals surface area (Å²) < 4.78 is 29.2. The topological polar surface area (TPSA) is 21.3 Å². The predicted octanol–water partition coefficient (Wildman–Crippen LogP) is 4.47. The van der Waals surface area contributed by atoms with Gasteiger partial charge in [-0.25, -0.2) is 0 Å². The van der Waals surface area contributed by atoms with Crippen molar-refractivity contribution in [3.8, 4) is 5.75 Å². The molecule has 0 saturated carbocycles. The number of para-hydroxylation sites is 1. The average Bonchev–Trinajstić information content (AvgIpc) is 2.42. The third-order valence-corrected chi connectivity index (χ3v) is 3.77. The Morgan fingerprint density at radius 1 is 1.20 bits per heavy atom. The minimum absolute atomic E-state index is 0.00509. The molecule has 0 amide bonds. The molecular formula is C15H23F2NOS. The summed E-state index contributed by atoms with van der Waals surface area (Å²) in [4.78, 5) is 0. The number of ether oxygens (including phenoxy) is 1. The second-order valence-corrected chi connectivity index (χ2v) is 5.63.